The lowest BCUT2D eigenvalue weighted by Gasteiger charge is -2.32. The van der Waals surface area contributed by atoms with Crippen LogP contribution >= 0.6 is 0 Å². The molecule has 3 heteroatoms. The number of hydrogen-bond acceptors (Lipinski definition) is 1. The van der Waals surface area contributed by atoms with Gasteiger partial charge >= 0.3 is 6.03 Å². The summed E-state index contributed by atoms with van der Waals surface area (Å²) >= 11 is 0. The van der Waals surface area contributed by atoms with Crippen molar-refractivity contribution in [2.45, 2.75) is 32.1 Å². The van der Waals surface area contributed by atoms with Gasteiger partial charge in [-0.15, -0.1) is 0 Å². The molecule has 100 valence electrons. The molecule has 3 nitrogen and oxygen atoms in total. The second-order valence-corrected chi connectivity index (χ2v) is 5.70. The van der Waals surface area contributed by atoms with Gasteiger partial charge in [-0.1, -0.05) is 30.4 Å². The van der Waals surface area contributed by atoms with Gasteiger partial charge in [0.25, 0.3) is 0 Å². The highest BCUT2D eigenvalue weighted by atomic mass is 16.2. The molecule has 1 unspecified atom stereocenters. The van der Waals surface area contributed by atoms with Crippen LogP contribution in [0.2, 0.25) is 0 Å². The molecule has 3 rings (SSSR count). The summed E-state index contributed by atoms with van der Waals surface area (Å²) in [7, 11) is 0. The number of carbonyl (C=O) groups is 1. The lowest BCUT2D eigenvalue weighted by molar-refractivity contribution is 0.252. The van der Waals surface area contributed by atoms with E-state index >= 15 is 0 Å². The van der Waals surface area contributed by atoms with Gasteiger partial charge in [-0.3, -0.25) is 4.90 Å². The van der Waals surface area contributed by atoms with Crippen molar-refractivity contribution in [2.75, 3.05) is 11.4 Å². The molecule has 1 aromatic rings. The van der Waals surface area contributed by atoms with Gasteiger partial charge in [0.1, 0.15) is 0 Å². The Balaban J connectivity index is 2.02. The minimum Gasteiger partial charge on any atom is -0.351 e. The summed E-state index contributed by atoms with van der Waals surface area (Å²) in [5.74, 6) is 0. The fourth-order valence-electron chi connectivity index (χ4n) is 3.42. The van der Waals surface area contributed by atoms with Crippen LogP contribution in [0, 0.1) is 5.41 Å². The van der Waals surface area contributed by atoms with E-state index in [1.807, 2.05) is 18.2 Å². The van der Waals surface area contributed by atoms with Crippen LogP contribution in [-0.2, 0) is 6.42 Å². The standard InChI is InChI=1S/C16H20N2O/c17-15(19)18-11-10-16(8-4-1-5-9-16)12-13-6-2-3-7-14(13)18/h2-4,6-8H,1,5,9-12H2,(H2,17,19). The Morgan fingerprint density at radius 1 is 1.26 bits per heavy atom. The van der Waals surface area contributed by atoms with Gasteiger partial charge in [-0.05, 0) is 49.1 Å². The second-order valence-electron chi connectivity index (χ2n) is 5.70. The predicted molar refractivity (Wildman–Crippen MR) is 77.1 cm³/mol. The average molecular weight is 256 g/mol. The molecule has 1 aromatic carbocycles. The van der Waals surface area contributed by atoms with Crippen molar-refractivity contribution in [3.63, 3.8) is 0 Å². The van der Waals surface area contributed by atoms with Crippen LogP contribution < -0.4 is 10.6 Å². The van der Waals surface area contributed by atoms with Crippen molar-refractivity contribution in [3.8, 4) is 0 Å². The number of fused-ring (bicyclic) bond motifs is 1. The number of rotatable bonds is 0. The third-order valence-electron chi connectivity index (χ3n) is 4.44. The number of primary amides is 1. The minimum atomic E-state index is -0.343. The monoisotopic (exact) mass is 256 g/mol. The molecule has 0 saturated carbocycles. The zero-order chi connectivity index (χ0) is 13.3. The van der Waals surface area contributed by atoms with Crippen molar-refractivity contribution in [3.05, 3.63) is 42.0 Å². The summed E-state index contributed by atoms with van der Waals surface area (Å²) in [5.41, 5.74) is 7.99. The van der Waals surface area contributed by atoms with E-state index in [1.54, 1.807) is 4.90 Å². The molecule has 2 amide bonds. The fraction of sp³-hybridized carbons (Fsp3) is 0.438. The Morgan fingerprint density at radius 3 is 2.84 bits per heavy atom. The summed E-state index contributed by atoms with van der Waals surface area (Å²) < 4.78 is 0. The Hall–Kier alpha value is -1.77. The first-order valence-electron chi connectivity index (χ1n) is 7.03. The number of para-hydroxylation sites is 1. The van der Waals surface area contributed by atoms with E-state index in [-0.39, 0.29) is 11.4 Å². The second kappa shape index (κ2) is 4.72. The van der Waals surface area contributed by atoms with Crippen LogP contribution in [0.25, 0.3) is 0 Å². The number of urea groups is 1. The molecule has 0 bridgehead atoms. The summed E-state index contributed by atoms with van der Waals surface area (Å²) in [6.45, 7) is 0.719. The molecule has 0 radical (unpaired) electrons. The lowest BCUT2D eigenvalue weighted by Crippen LogP contribution is -2.37. The van der Waals surface area contributed by atoms with Crippen molar-refractivity contribution in [2.24, 2.45) is 11.1 Å². The van der Waals surface area contributed by atoms with Crippen LogP contribution in [0.3, 0.4) is 0 Å². The molecule has 1 atom stereocenters. The van der Waals surface area contributed by atoms with Crippen molar-refractivity contribution >= 4 is 11.7 Å². The topological polar surface area (TPSA) is 46.3 Å². The number of benzene rings is 1. The molecule has 0 fully saturated rings. The third kappa shape index (κ3) is 2.25. The number of nitrogens with two attached hydrogens (primary N) is 1. The zero-order valence-electron chi connectivity index (χ0n) is 11.1. The van der Waals surface area contributed by atoms with Crippen LogP contribution in [0.15, 0.2) is 36.4 Å². The quantitative estimate of drug-likeness (QED) is 0.712. The van der Waals surface area contributed by atoms with Gasteiger partial charge in [-0.2, -0.15) is 0 Å². The maximum Gasteiger partial charge on any atom is 0.319 e. The molecule has 0 saturated heterocycles. The molecular weight excluding hydrogens is 236 g/mol. The summed E-state index contributed by atoms with van der Waals surface area (Å²) in [5, 5.41) is 0. The highest BCUT2D eigenvalue weighted by Crippen LogP contribution is 2.42. The lowest BCUT2D eigenvalue weighted by atomic mass is 9.72. The molecule has 1 aliphatic heterocycles. The number of hydrogen-bond donors (Lipinski definition) is 1. The number of nitrogens with zero attached hydrogens (tertiary/aromatic N) is 1. The van der Waals surface area contributed by atoms with Gasteiger partial charge in [0.2, 0.25) is 0 Å². The van der Waals surface area contributed by atoms with Crippen molar-refractivity contribution < 1.29 is 4.79 Å². The van der Waals surface area contributed by atoms with Crippen LogP contribution in [-0.4, -0.2) is 12.6 Å². The minimum absolute atomic E-state index is 0.221. The van der Waals surface area contributed by atoms with E-state index in [2.05, 4.69) is 18.2 Å². The van der Waals surface area contributed by atoms with E-state index in [0.717, 1.165) is 25.1 Å². The molecule has 1 heterocycles. The molecule has 0 aromatic heterocycles. The largest absolute Gasteiger partial charge is 0.351 e. The van der Waals surface area contributed by atoms with Crippen molar-refractivity contribution in [1.82, 2.24) is 0 Å². The Morgan fingerprint density at radius 2 is 2.11 bits per heavy atom. The van der Waals surface area contributed by atoms with E-state index in [9.17, 15) is 4.79 Å². The maximum atomic E-state index is 11.7. The Bertz CT molecular complexity index is 523. The summed E-state index contributed by atoms with van der Waals surface area (Å²) in [6, 6.07) is 7.81. The highest BCUT2D eigenvalue weighted by Gasteiger charge is 2.34. The van der Waals surface area contributed by atoms with Gasteiger partial charge in [-0.25, -0.2) is 4.79 Å². The molecule has 1 spiro atoms. The van der Waals surface area contributed by atoms with Crippen LogP contribution in [0.1, 0.15) is 31.2 Å². The third-order valence-corrected chi connectivity index (χ3v) is 4.44. The predicted octanol–water partition coefficient (Wildman–Crippen LogP) is 3.24. The van der Waals surface area contributed by atoms with Gasteiger partial charge < -0.3 is 5.73 Å². The summed E-state index contributed by atoms with van der Waals surface area (Å²) in [6.07, 6.45) is 10.3. The van der Waals surface area contributed by atoms with E-state index in [4.69, 9.17) is 5.73 Å². The fourth-order valence-corrected chi connectivity index (χ4v) is 3.42. The number of carbonyl (C=O) groups excluding carboxylic acids is 1. The first-order chi connectivity index (χ1) is 9.20. The first kappa shape index (κ1) is 12.3. The normalized spacial score (nSPS) is 26.0. The molecule has 1 aliphatic carbocycles. The molecular formula is C16H20N2O. The van der Waals surface area contributed by atoms with Gasteiger partial charge in [0.05, 0.1) is 0 Å². The average Bonchev–Trinajstić information content (AvgIpc) is 2.56. The highest BCUT2D eigenvalue weighted by molar-refractivity contribution is 5.91. The van der Waals surface area contributed by atoms with E-state index in [0.29, 0.717) is 0 Å². The number of amides is 2. The van der Waals surface area contributed by atoms with E-state index in [1.165, 1.54) is 24.8 Å². The molecule has 19 heavy (non-hydrogen) atoms. The van der Waals surface area contributed by atoms with Crippen LogP contribution in [0.5, 0.6) is 0 Å². The number of allylic oxidation sites excluding steroid dienone is 2. The van der Waals surface area contributed by atoms with Gasteiger partial charge in [0, 0.05) is 12.2 Å². The van der Waals surface area contributed by atoms with E-state index < -0.39 is 0 Å². The zero-order valence-corrected chi connectivity index (χ0v) is 11.1. The maximum absolute atomic E-state index is 11.7. The smallest absolute Gasteiger partial charge is 0.319 e. The Labute approximate surface area is 114 Å². The van der Waals surface area contributed by atoms with Gasteiger partial charge in [0.15, 0.2) is 0 Å². The molecule has 2 aliphatic rings. The summed E-state index contributed by atoms with van der Waals surface area (Å²) in [4.78, 5) is 13.4. The van der Waals surface area contributed by atoms with Crippen molar-refractivity contribution in [1.29, 1.82) is 0 Å². The SMILES string of the molecule is NC(=O)N1CCC2(C=CCCC2)Cc2ccccc21. The first-order valence-corrected chi connectivity index (χ1v) is 7.03. The molecule has 2 N–H and O–H groups in total. The number of anilines is 1. The van der Waals surface area contributed by atoms with Crippen LogP contribution in [0.4, 0.5) is 10.5 Å². The Kier molecular flexibility index (Phi) is 3.05.